The van der Waals surface area contributed by atoms with Crippen LogP contribution >= 0.6 is 0 Å². The summed E-state index contributed by atoms with van der Waals surface area (Å²) in [5, 5.41) is 7.52. The lowest BCUT2D eigenvalue weighted by molar-refractivity contribution is 0.0482. The van der Waals surface area contributed by atoms with E-state index in [1.54, 1.807) is 0 Å². The van der Waals surface area contributed by atoms with E-state index >= 15 is 0 Å². The number of rotatable bonds is 2. The summed E-state index contributed by atoms with van der Waals surface area (Å²) in [7, 11) is 0. The Kier molecular flexibility index (Phi) is 3.07. The predicted octanol–water partition coefficient (Wildman–Crippen LogP) is 1.85. The Hall–Kier alpha value is -0.870. The summed E-state index contributed by atoms with van der Waals surface area (Å²) in [4.78, 5) is 0. The number of ether oxygens (including phenoxy) is 1. The Balaban J connectivity index is 2.08. The van der Waals surface area contributed by atoms with Gasteiger partial charge in [0.05, 0.1) is 19.3 Å². The first kappa shape index (κ1) is 10.6. The molecule has 0 saturated carbocycles. The highest BCUT2D eigenvalue weighted by Gasteiger charge is 2.23. The van der Waals surface area contributed by atoms with E-state index in [1.165, 1.54) is 0 Å². The van der Waals surface area contributed by atoms with Crippen molar-refractivity contribution < 1.29 is 9.26 Å². The summed E-state index contributed by atoms with van der Waals surface area (Å²) < 4.78 is 10.7. The minimum Gasteiger partial charge on any atom is -0.378 e. The minimum absolute atomic E-state index is 0.171. The van der Waals surface area contributed by atoms with Gasteiger partial charge in [-0.05, 0) is 6.92 Å². The van der Waals surface area contributed by atoms with Gasteiger partial charge in [0.25, 0.3) is 0 Å². The van der Waals surface area contributed by atoms with Crippen LogP contribution in [0.2, 0.25) is 0 Å². The van der Waals surface area contributed by atoms with E-state index in [1.807, 2.05) is 6.07 Å². The average molecular weight is 210 g/mol. The smallest absolute Gasteiger partial charge is 0.139 e. The van der Waals surface area contributed by atoms with E-state index < -0.39 is 0 Å². The van der Waals surface area contributed by atoms with Crippen LogP contribution in [0.15, 0.2) is 10.6 Å². The van der Waals surface area contributed by atoms with Crippen LogP contribution in [-0.4, -0.2) is 24.4 Å². The molecule has 0 aliphatic carbocycles. The van der Waals surface area contributed by atoms with E-state index in [9.17, 15) is 0 Å². The van der Waals surface area contributed by atoms with Crippen LogP contribution in [-0.2, 0) is 4.74 Å². The number of morpholine rings is 1. The summed E-state index contributed by atoms with van der Waals surface area (Å²) in [6, 6.07) is 2.57. The lowest BCUT2D eigenvalue weighted by Crippen LogP contribution is -2.41. The molecular formula is C11H18N2O2. The van der Waals surface area contributed by atoms with E-state index in [4.69, 9.17) is 9.26 Å². The molecule has 1 aromatic heterocycles. The topological polar surface area (TPSA) is 47.3 Å². The van der Waals surface area contributed by atoms with E-state index in [0.717, 1.165) is 18.1 Å². The molecule has 0 spiro atoms. The zero-order valence-corrected chi connectivity index (χ0v) is 9.49. The Morgan fingerprint density at radius 1 is 1.47 bits per heavy atom. The van der Waals surface area contributed by atoms with Gasteiger partial charge in [-0.25, -0.2) is 0 Å². The minimum atomic E-state index is 0.171. The van der Waals surface area contributed by atoms with Gasteiger partial charge in [0.1, 0.15) is 11.5 Å². The molecule has 84 valence electrons. The normalized spacial score (nSPS) is 27.2. The molecule has 0 amide bonds. The van der Waals surface area contributed by atoms with Crippen molar-refractivity contribution in [1.82, 2.24) is 10.5 Å². The van der Waals surface area contributed by atoms with Gasteiger partial charge in [-0.1, -0.05) is 19.0 Å². The van der Waals surface area contributed by atoms with Crippen molar-refractivity contribution in [2.45, 2.75) is 38.8 Å². The van der Waals surface area contributed by atoms with E-state index in [0.29, 0.717) is 18.6 Å². The van der Waals surface area contributed by atoms with Gasteiger partial charge >= 0.3 is 0 Å². The fraction of sp³-hybridized carbons (Fsp3) is 0.727. The highest BCUT2D eigenvalue weighted by atomic mass is 16.5. The highest BCUT2D eigenvalue weighted by molar-refractivity contribution is 5.13. The zero-order valence-electron chi connectivity index (χ0n) is 9.49. The second-order valence-electron chi connectivity index (χ2n) is 4.47. The molecule has 1 fully saturated rings. The van der Waals surface area contributed by atoms with Gasteiger partial charge in [0, 0.05) is 18.0 Å². The summed E-state index contributed by atoms with van der Waals surface area (Å²) in [6.07, 6.45) is 0. The molecule has 1 aliphatic rings. The lowest BCUT2D eigenvalue weighted by atomic mass is 10.1. The number of nitrogens with zero attached hydrogens (tertiary/aromatic N) is 1. The number of aromatic nitrogens is 1. The van der Waals surface area contributed by atoms with Gasteiger partial charge in [-0.2, -0.15) is 0 Å². The third-order valence-corrected chi connectivity index (χ3v) is 2.61. The molecule has 2 atom stereocenters. The fourth-order valence-electron chi connectivity index (χ4n) is 1.71. The number of hydrogen-bond donors (Lipinski definition) is 1. The molecule has 0 bridgehead atoms. The van der Waals surface area contributed by atoms with E-state index in [-0.39, 0.29) is 6.04 Å². The van der Waals surface area contributed by atoms with Gasteiger partial charge < -0.3 is 14.6 Å². The maximum absolute atomic E-state index is 5.47. The van der Waals surface area contributed by atoms with Crippen molar-refractivity contribution in [2.75, 3.05) is 13.2 Å². The van der Waals surface area contributed by atoms with Crippen LogP contribution in [0.1, 0.15) is 44.2 Å². The first-order valence-corrected chi connectivity index (χ1v) is 5.47. The van der Waals surface area contributed by atoms with Crippen molar-refractivity contribution in [3.63, 3.8) is 0 Å². The van der Waals surface area contributed by atoms with Gasteiger partial charge in [-0.3, -0.25) is 0 Å². The molecule has 1 N–H and O–H groups in total. The van der Waals surface area contributed by atoms with Gasteiger partial charge in [-0.15, -0.1) is 0 Å². The Morgan fingerprint density at radius 2 is 2.27 bits per heavy atom. The molecule has 15 heavy (non-hydrogen) atoms. The van der Waals surface area contributed by atoms with Crippen LogP contribution in [0.3, 0.4) is 0 Å². The van der Waals surface area contributed by atoms with Crippen molar-refractivity contribution in [3.05, 3.63) is 17.5 Å². The maximum Gasteiger partial charge on any atom is 0.139 e. The molecule has 4 heteroatoms. The standard InChI is InChI=1S/C11H18N2O2/c1-7(2)11-4-9(13-15-11)10-6-14-5-8(3)12-10/h4,7-8,10,12H,5-6H2,1-3H3. The van der Waals surface area contributed by atoms with Crippen molar-refractivity contribution in [3.8, 4) is 0 Å². The number of nitrogens with one attached hydrogen (secondary N) is 1. The number of hydrogen-bond acceptors (Lipinski definition) is 4. The fourth-order valence-corrected chi connectivity index (χ4v) is 1.71. The molecule has 2 unspecified atom stereocenters. The molecule has 1 aromatic rings. The summed E-state index contributed by atoms with van der Waals surface area (Å²) >= 11 is 0. The van der Waals surface area contributed by atoms with Crippen LogP contribution in [0, 0.1) is 0 Å². The SMILES string of the molecule is CC1COCC(c2cc(C(C)C)on2)N1. The molecule has 1 aliphatic heterocycles. The van der Waals surface area contributed by atoms with Gasteiger partial charge in [0.15, 0.2) is 0 Å². The third-order valence-electron chi connectivity index (χ3n) is 2.61. The Bertz CT molecular complexity index is 322. The highest BCUT2D eigenvalue weighted by Crippen LogP contribution is 2.21. The lowest BCUT2D eigenvalue weighted by Gasteiger charge is -2.27. The van der Waals surface area contributed by atoms with Crippen molar-refractivity contribution in [2.24, 2.45) is 0 Å². The van der Waals surface area contributed by atoms with Crippen LogP contribution < -0.4 is 5.32 Å². The quantitative estimate of drug-likeness (QED) is 0.809. The molecule has 0 aromatic carbocycles. The molecule has 4 nitrogen and oxygen atoms in total. The third kappa shape index (κ3) is 2.38. The van der Waals surface area contributed by atoms with Crippen LogP contribution in [0.4, 0.5) is 0 Å². The monoisotopic (exact) mass is 210 g/mol. The van der Waals surface area contributed by atoms with Crippen LogP contribution in [0.25, 0.3) is 0 Å². The Labute approximate surface area is 90.0 Å². The van der Waals surface area contributed by atoms with E-state index in [2.05, 4.69) is 31.2 Å². The molecule has 0 radical (unpaired) electrons. The Morgan fingerprint density at radius 3 is 2.87 bits per heavy atom. The largest absolute Gasteiger partial charge is 0.378 e. The predicted molar refractivity (Wildman–Crippen MR) is 56.7 cm³/mol. The van der Waals surface area contributed by atoms with Crippen molar-refractivity contribution in [1.29, 1.82) is 0 Å². The molecule has 1 saturated heterocycles. The summed E-state index contributed by atoms with van der Waals surface area (Å²) in [5.41, 5.74) is 0.949. The second-order valence-corrected chi connectivity index (χ2v) is 4.47. The summed E-state index contributed by atoms with van der Waals surface area (Å²) in [5.74, 6) is 1.32. The second kappa shape index (κ2) is 4.33. The van der Waals surface area contributed by atoms with Crippen LogP contribution in [0.5, 0.6) is 0 Å². The first-order chi connectivity index (χ1) is 7.16. The van der Waals surface area contributed by atoms with Crippen molar-refractivity contribution >= 4 is 0 Å². The molecular weight excluding hydrogens is 192 g/mol. The summed E-state index contributed by atoms with van der Waals surface area (Å²) in [6.45, 7) is 7.74. The zero-order chi connectivity index (χ0) is 10.8. The molecule has 2 heterocycles. The van der Waals surface area contributed by atoms with Gasteiger partial charge in [0.2, 0.25) is 0 Å². The maximum atomic E-state index is 5.47. The first-order valence-electron chi connectivity index (χ1n) is 5.47. The molecule has 2 rings (SSSR count). The average Bonchev–Trinajstić information content (AvgIpc) is 2.66.